The third-order valence-electron chi connectivity index (χ3n) is 2.85. The first-order valence-electron chi connectivity index (χ1n) is 5.70. The number of H-pyrrole nitrogens is 1. The molecule has 0 aliphatic rings. The van der Waals surface area contributed by atoms with Gasteiger partial charge in [-0.15, -0.1) is 0 Å². The highest BCUT2D eigenvalue weighted by Gasteiger charge is 2.30. The lowest BCUT2D eigenvalue weighted by Crippen LogP contribution is -2.16. The topological polar surface area (TPSA) is 50.7 Å². The van der Waals surface area contributed by atoms with Gasteiger partial charge in [0.1, 0.15) is 0 Å². The Labute approximate surface area is 110 Å². The molecule has 0 saturated heterocycles. The maximum absolute atomic E-state index is 12.6. The summed E-state index contributed by atoms with van der Waals surface area (Å²) in [6, 6.07) is 7.75. The zero-order valence-corrected chi connectivity index (χ0v) is 9.98. The van der Waals surface area contributed by atoms with E-state index < -0.39 is 11.7 Å². The highest BCUT2D eigenvalue weighted by Crippen LogP contribution is 2.30. The number of fused-ring (bicyclic) bond motifs is 1. The summed E-state index contributed by atoms with van der Waals surface area (Å²) in [7, 11) is 0. The van der Waals surface area contributed by atoms with Crippen molar-refractivity contribution in [3.63, 3.8) is 0 Å². The third kappa shape index (κ3) is 2.07. The van der Waals surface area contributed by atoms with Gasteiger partial charge < -0.3 is 4.98 Å². The lowest BCUT2D eigenvalue weighted by molar-refractivity contribution is -0.137. The van der Waals surface area contributed by atoms with Gasteiger partial charge in [-0.2, -0.15) is 13.2 Å². The summed E-state index contributed by atoms with van der Waals surface area (Å²) < 4.78 is 39.1. The molecule has 0 unspecified atom stereocenters. The number of aromatic nitrogens is 3. The maximum atomic E-state index is 12.6. The summed E-state index contributed by atoms with van der Waals surface area (Å²) in [5, 5.41) is 0. The van der Waals surface area contributed by atoms with E-state index in [0.29, 0.717) is 5.52 Å². The molecule has 20 heavy (non-hydrogen) atoms. The molecule has 2 heterocycles. The standard InChI is InChI=1S/C13H8F3N3O/c14-13(15,16)8-4-5-9-10(7-8)18-12(17-9)19-6-2-1-3-11(19)20/h1-7H,(H,17,18). The van der Waals surface area contributed by atoms with Gasteiger partial charge >= 0.3 is 6.18 Å². The minimum atomic E-state index is -4.41. The van der Waals surface area contributed by atoms with Crippen molar-refractivity contribution in [2.75, 3.05) is 0 Å². The first kappa shape index (κ1) is 12.5. The highest BCUT2D eigenvalue weighted by atomic mass is 19.4. The van der Waals surface area contributed by atoms with E-state index in [1.54, 1.807) is 12.1 Å². The molecule has 0 bridgehead atoms. The fourth-order valence-electron chi connectivity index (χ4n) is 1.89. The summed E-state index contributed by atoms with van der Waals surface area (Å²) in [5.74, 6) is 0.185. The van der Waals surface area contributed by atoms with Crippen molar-refractivity contribution in [2.45, 2.75) is 6.18 Å². The number of nitrogens with one attached hydrogen (secondary N) is 1. The number of halogens is 3. The second-order valence-corrected chi connectivity index (χ2v) is 4.20. The molecule has 0 fully saturated rings. The van der Waals surface area contributed by atoms with Crippen molar-refractivity contribution >= 4 is 11.0 Å². The molecule has 4 nitrogen and oxygen atoms in total. The zero-order chi connectivity index (χ0) is 14.3. The third-order valence-corrected chi connectivity index (χ3v) is 2.85. The molecule has 0 amide bonds. The van der Waals surface area contributed by atoms with Gasteiger partial charge in [-0.1, -0.05) is 6.07 Å². The monoisotopic (exact) mass is 279 g/mol. The van der Waals surface area contributed by atoms with Gasteiger partial charge in [0, 0.05) is 12.3 Å². The van der Waals surface area contributed by atoms with Crippen molar-refractivity contribution < 1.29 is 13.2 Å². The van der Waals surface area contributed by atoms with Gasteiger partial charge in [-0.25, -0.2) is 4.98 Å². The fraction of sp³-hybridized carbons (Fsp3) is 0.0769. The van der Waals surface area contributed by atoms with Crippen LogP contribution >= 0.6 is 0 Å². The first-order chi connectivity index (χ1) is 9.45. The van der Waals surface area contributed by atoms with E-state index in [1.807, 2.05) is 0 Å². The van der Waals surface area contributed by atoms with E-state index in [4.69, 9.17) is 0 Å². The van der Waals surface area contributed by atoms with Crippen LogP contribution in [0.4, 0.5) is 13.2 Å². The van der Waals surface area contributed by atoms with Crippen molar-refractivity contribution in [1.29, 1.82) is 0 Å². The van der Waals surface area contributed by atoms with Crippen LogP contribution in [0, 0.1) is 0 Å². The number of benzene rings is 1. The predicted molar refractivity (Wildman–Crippen MR) is 66.7 cm³/mol. The molecule has 1 N–H and O–H groups in total. The van der Waals surface area contributed by atoms with Crippen molar-refractivity contribution in [1.82, 2.24) is 14.5 Å². The zero-order valence-electron chi connectivity index (χ0n) is 9.98. The Morgan fingerprint density at radius 3 is 2.65 bits per heavy atom. The largest absolute Gasteiger partial charge is 0.416 e. The van der Waals surface area contributed by atoms with Crippen LogP contribution in [0.2, 0.25) is 0 Å². The van der Waals surface area contributed by atoms with E-state index in [-0.39, 0.29) is 17.0 Å². The van der Waals surface area contributed by atoms with Crippen LogP contribution in [0.25, 0.3) is 17.0 Å². The molecule has 0 atom stereocenters. The minimum Gasteiger partial charge on any atom is -0.323 e. The number of pyridine rings is 1. The van der Waals surface area contributed by atoms with Gasteiger partial charge in [0.15, 0.2) is 0 Å². The lowest BCUT2D eigenvalue weighted by atomic mass is 10.2. The molecule has 0 radical (unpaired) electrons. The Morgan fingerprint density at radius 1 is 1.15 bits per heavy atom. The molecule has 7 heteroatoms. The van der Waals surface area contributed by atoms with Crippen LogP contribution in [0.1, 0.15) is 5.56 Å². The molecule has 0 aliphatic carbocycles. The molecule has 2 aromatic heterocycles. The summed E-state index contributed by atoms with van der Waals surface area (Å²) >= 11 is 0. The van der Waals surface area contributed by atoms with E-state index >= 15 is 0 Å². The highest BCUT2D eigenvalue weighted by molar-refractivity contribution is 5.77. The number of hydrogen-bond donors (Lipinski definition) is 1. The van der Waals surface area contributed by atoms with E-state index in [0.717, 1.165) is 12.1 Å². The average molecular weight is 279 g/mol. The van der Waals surface area contributed by atoms with E-state index in [2.05, 4.69) is 9.97 Å². The van der Waals surface area contributed by atoms with Gasteiger partial charge in [-0.3, -0.25) is 9.36 Å². The van der Waals surface area contributed by atoms with Crippen LogP contribution in [-0.4, -0.2) is 14.5 Å². The predicted octanol–water partition coefficient (Wildman–Crippen LogP) is 2.73. The Bertz CT molecular complexity index is 832. The SMILES string of the molecule is O=c1ccccn1-c1nc2ccc(C(F)(F)F)cc2[nH]1. The molecule has 0 spiro atoms. The molecular formula is C13H8F3N3O. The number of aromatic amines is 1. The molecule has 1 aromatic carbocycles. The summed E-state index contributed by atoms with van der Waals surface area (Å²) in [4.78, 5) is 18.5. The van der Waals surface area contributed by atoms with Gasteiger partial charge in [0.25, 0.3) is 5.56 Å². The number of rotatable bonds is 1. The Morgan fingerprint density at radius 2 is 1.95 bits per heavy atom. The molecule has 3 rings (SSSR count). The lowest BCUT2D eigenvalue weighted by Gasteiger charge is -2.05. The van der Waals surface area contributed by atoms with E-state index in [1.165, 1.54) is 22.9 Å². The summed E-state index contributed by atoms with van der Waals surface area (Å²) in [6.45, 7) is 0. The van der Waals surface area contributed by atoms with Crippen LogP contribution in [0.3, 0.4) is 0 Å². The van der Waals surface area contributed by atoms with Crippen LogP contribution in [-0.2, 0) is 6.18 Å². The second-order valence-electron chi connectivity index (χ2n) is 4.20. The Hall–Kier alpha value is -2.57. The normalized spacial score (nSPS) is 11.9. The van der Waals surface area contributed by atoms with Crippen LogP contribution in [0.15, 0.2) is 47.4 Å². The smallest absolute Gasteiger partial charge is 0.323 e. The van der Waals surface area contributed by atoms with Gasteiger partial charge in [0.2, 0.25) is 5.95 Å². The molecule has 3 aromatic rings. The fourth-order valence-corrected chi connectivity index (χ4v) is 1.89. The second kappa shape index (κ2) is 4.22. The number of hydrogen-bond acceptors (Lipinski definition) is 2. The maximum Gasteiger partial charge on any atom is 0.416 e. The summed E-state index contributed by atoms with van der Waals surface area (Å²) in [5.41, 5.74) is -0.488. The average Bonchev–Trinajstić information content (AvgIpc) is 2.80. The quantitative estimate of drug-likeness (QED) is 0.744. The molecule has 0 saturated carbocycles. The minimum absolute atomic E-state index is 0.185. The molecule has 0 aliphatic heterocycles. The van der Waals surface area contributed by atoms with Gasteiger partial charge in [-0.05, 0) is 24.3 Å². The number of alkyl halides is 3. The van der Waals surface area contributed by atoms with E-state index in [9.17, 15) is 18.0 Å². The van der Waals surface area contributed by atoms with Crippen LogP contribution < -0.4 is 5.56 Å². The van der Waals surface area contributed by atoms with Crippen molar-refractivity contribution in [3.05, 3.63) is 58.5 Å². The first-order valence-corrected chi connectivity index (χ1v) is 5.70. The number of imidazole rings is 1. The molecular weight excluding hydrogens is 271 g/mol. The van der Waals surface area contributed by atoms with Gasteiger partial charge in [0.05, 0.1) is 16.6 Å². The summed E-state index contributed by atoms with van der Waals surface area (Å²) in [6.07, 6.45) is -2.92. The number of nitrogens with zero attached hydrogens (tertiary/aromatic N) is 2. The van der Waals surface area contributed by atoms with Crippen molar-refractivity contribution in [3.8, 4) is 5.95 Å². The Kier molecular flexibility index (Phi) is 2.63. The Balaban J connectivity index is 2.17. The van der Waals surface area contributed by atoms with Crippen LogP contribution in [0.5, 0.6) is 0 Å². The van der Waals surface area contributed by atoms with Crippen molar-refractivity contribution in [2.24, 2.45) is 0 Å². The molecule has 102 valence electrons.